The second kappa shape index (κ2) is 6.61. The molecule has 0 spiro atoms. The third kappa shape index (κ3) is 3.53. The summed E-state index contributed by atoms with van der Waals surface area (Å²) in [6.45, 7) is 0.434. The minimum atomic E-state index is -1.23. The Kier molecular flexibility index (Phi) is 4.61. The highest BCUT2D eigenvalue weighted by Crippen LogP contribution is 2.00. The standard InChI is InChI=1S/C12H13N5O5/c18-9-6-16-12(22)17(9)3-1-2-13-10(19)7-4-15-8(5-14-7)11(20)21/h4-5H,1-3,6H2,(H,13,19)(H,16,22)(H,20,21). The van der Waals surface area contributed by atoms with Gasteiger partial charge in [0, 0.05) is 13.1 Å². The number of hydrogen-bond acceptors (Lipinski definition) is 6. The fourth-order valence-corrected chi connectivity index (χ4v) is 1.77. The molecule has 0 unspecified atom stereocenters. The maximum absolute atomic E-state index is 11.7. The van der Waals surface area contributed by atoms with Crippen molar-refractivity contribution in [2.75, 3.05) is 19.6 Å². The lowest BCUT2D eigenvalue weighted by Gasteiger charge is -2.12. The molecule has 0 aliphatic carbocycles. The van der Waals surface area contributed by atoms with Crippen LogP contribution >= 0.6 is 0 Å². The molecule has 0 bridgehead atoms. The second-order valence-electron chi connectivity index (χ2n) is 4.41. The zero-order valence-corrected chi connectivity index (χ0v) is 11.4. The van der Waals surface area contributed by atoms with Gasteiger partial charge in [-0.3, -0.25) is 14.5 Å². The molecular formula is C12H13N5O5. The van der Waals surface area contributed by atoms with Crippen molar-refractivity contribution in [1.29, 1.82) is 0 Å². The van der Waals surface area contributed by atoms with E-state index in [0.29, 0.717) is 6.42 Å². The molecule has 2 heterocycles. The zero-order valence-electron chi connectivity index (χ0n) is 11.4. The van der Waals surface area contributed by atoms with E-state index >= 15 is 0 Å². The lowest BCUT2D eigenvalue weighted by molar-refractivity contribution is -0.125. The summed E-state index contributed by atoms with van der Waals surface area (Å²) in [7, 11) is 0. The van der Waals surface area contributed by atoms with Crippen LogP contribution in [-0.4, -0.2) is 63.4 Å². The molecular weight excluding hydrogens is 294 g/mol. The van der Waals surface area contributed by atoms with Crippen LogP contribution in [0.25, 0.3) is 0 Å². The molecule has 0 atom stereocenters. The summed E-state index contributed by atoms with van der Waals surface area (Å²) in [5.74, 6) is -2.04. The number of carboxylic acid groups (broad SMARTS) is 1. The third-order valence-electron chi connectivity index (χ3n) is 2.88. The van der Waals surface area contributed by atoms with E-state index in [1.807, 2.05) is 0 Å². The topological polar surface area (TPSA) is 142 Å². The van der Waals surface area contributed by atoms with Crippen molar-refractivity contribution in [1.82, 2.24) is 25.5 Å². The Morgan fingerprint density at radius 1 is 1.27 bits per heavy atom. The van der Waals surface area contributed by atoms with Crippen LogP contribution in [0.4, 0.5) is 4.79 Å². The number of amides is 4. The quantitative estimate of drug-likeness (QED) is 0.445. The van der Waals surface area contributed by atoms with E-state index in [0.717, 1.165) is 17.3 Å². The normalized spacial score (nSPS) is 13.9. The van der Waals surface area contributed by atoms with Gasteiger partial charge in [-0.05, 0) is 6.42 Å². The van der Waals surface area contributed by atoms with Gasteiger partial charge in [0.2, 0.25) is 5.91 Å². The molecule has 10 nitrogen and oxygen atoms in total. The number of carbonyl (C=O) groups is 4. The monoisotopic (exact) mass is 307 g/mol. The summed E-state index contributed by atoms with van der Waals surface area (Å²) in [6, 6.07) is -0.438. The first-order valence-corrected chi connectivity index (χ1v) is 6.41. The number of imide groups is 1. The van der Waals surface area contributed by atoms with Crippen LogP contribution < -0.4 is 10.6 Å². The Morgan fingerprint density at radius 3 is 2.50 bits per heavy atom. The van der Waals surface area contributed by atoms with Crippen molar-refractivity contribution >= 4 is 23.8 Å². The van der Waals surface area contributed by atoms with Gasteiger partial charge in [0.1, 0.15) is 5.69 Å². The lowest BCUT2D eigenvalue weighted by atomic mass is 10.3. The first kappa shape index (κ1) is 15.4. The van der Waals surface area contributed by atoms with Gasteiger partial charge in [-0.2, -0.15) is 0 Å². The highest BCUT2D eigenvalue weighted by atomic mass is 16.4. The minimum absolute atomic E-state index is 0.00327. The number of aromatic carboxylic acids is 1. The number of hydrogen-bond donors (Lipinski definition) is 3. The number of nitrogens with one attached hydrogen (secondary N) is 2. The Bertz CT molecular complexity index is 599. The Labute approximate surface area is 124 Å². The maximum atomic E-state index is 11.7. The maximum Gasteiger partial charge on any atom is 0.356 e. The molecule has 22 heavy (non-hydrogen) atoms. The minimum Gasteiger partial charge on any atom is -0.476 e. The zero-order chi connectivity index (χ0) is 16.1. The number of rotatable bonds is 6. The summed E-state index contributed by atoms with van der Waals surface area (Å²) in [4.78, 5) is 53.3. The molecule has 1 aliphatic heterocycles. The van der Waals surface area contributed by atoms with E-state index in [2.05, 4.69) is 20.6 Å². The van der Waals surface area contributed by atoms with Crippen molar-refractivity contribution in [3.05, 3.63) is 23.8 Å². The van der Waals surface area contributed by atoms with Gasteiger partial charge in [-0.15, -0.1) is 0 Å². The SMILES string of the molecule is O=C(O)c1cnc(C(=O)NCCCN2C(=O)CNC2=O)cn1. The summed E-state index contributed by atoms with van der Waals surface area (Å²) >= 11 is 0. The van der Waals surface area contributed by atoms with Crippen molar-refractivity contribution in [2.24, 2.45) is 0 Å². The van der Waals surface area contributed by atoms with Crippen LogP contribution in [0.2, 0.25) is 0 Å². The first-order chi connectivity index (χ1) is 10.5. The summed E-state index contributed by atoms with van der Waals surface area (Å²) < 4.78 is 0. The second-order valence-corrected chi connectivity index (χ2v) is 4.41. The Balaban J connectivity index is 1.77. The fraction of sp³-hybridized carbons (Fsp3) is 0.333. The molecule has 0 saturated carbocycles. The number of carboxylic acids is 1. The van der Waals surface area contributed by atoms with E-state index in [9.17, 15) is 19.2 Å². The molecule has 1 aliphatic rings. The molecule has 1 aromatic heterocycles. The van der Waals surface area contributed by atoms with Gasteiger partial charge in [0.15, 0.2) is 5.69 Å². The highest BCUT2D eigenvalue weighted by Gasteiger charge is 2.27. The van der Waals surface area contributed by atoms with Gasteiger partial charge >= 0.3 is 12.0 Å². The van der Waals surface area contributed by atoms with Crippen LogP contribution in [0.1, 0.15) is 27.4 Å². The van der Waals surface area contributed by atoms with E-state index < -0.39 is 17.9 Å². The molecule has 0 aromatic carbocycles. The first-order valence-electron chi connectivity index (χ1n) is 6.41. The number of carbonyl (C=O) groups excluding carboxylic acids is 3. The lowest BCUT2D eigenvalue weighted by Crippen LogP contribution is -2.34. The van der Waals surface area contributed by atoms with Gasteiger partial charge < -0.3 is 15.7 Å². The largest absolute Gasteiger partial charge is 0.476 e. The van der Waals surface area contributed by atoms with E-state index in [4.69, 9.17) is 5.11 Å². The van der Waals surface area contributed by atoms with Crippen molar-refractivity contribution < 1.29 is 24.3 Å². The van der Waals surface area contributed by atoms with E-state index in [1.165, 1.54) is 0 Å². The number of nitrogens with zero attached hydrogens (tertiary/aromatic N) is 3. The smallest absolute Gasteiger partial charge is 0.356 e. The molecule has 10 heteroatoms. The van der Waals surface area contributed by atoms with Crippen LogP contribution in [0, 0.1) is 0 Å². The third-order valence-corrected chi connectivity index (χ3v) is 2.88. The van der Waals surface area contributed by atoms with E-state index in [-0.39, 0.29) is 36.9 Å². The molecule has 4 amide bonds. The average molecular weight is 307 g/mol. The molecule has 1 aromatic rings. The Morgan fingerprint density at radius 2 is 1.95 bits per heavy atom. The van der Waals surface area contributed by atoms with Crippen molar-refractivity contribution in [2.45, 2.75) is 6.42 Å². The predicted octanol–water partition coefficient (Wildman–Crippen LogP) is -1.15. The molecule has 3 N–H and O–H groups in total. The van der Waals surface area contributed by atoms with Crippen LogP contribution in [-0.2, 0) is 4.79 Å². The molecule has 0 radical (unpaired) electrons. The van der Waals surface area contributed by atoms with Crippen molar-refractivity contribution in [3.63, 3.8) is 0 Å². The van der Waals surface area contributed by atoms with Crippen molar-refractivity contribution in [3.8, 4) is 0 Å². The summed E-state index contributed by atoms with van der Waals surface area (Å²) in [5, 5.41) is 13.6. The van der Waals surface area contributed by atoms with Crippen LogP contribution in [0.3, 0.4) is 0 Å². The van der Waals surface area contributed by atoms with Gasteiger partial charge in [-0.1, -0.05) is 0 Å². The fourth-order valence-electron chi connectivity index (χ4n) is 1.77. The van der Waals surface area contributed by atoms with Crippen LogP contribution in [0.15, 0.2) is 12.4 Å². The van der Waals surface area contributed by atoms with Gasteiger partial charge in [0.05, 0.1) is 18.9 Å². The summed E-state index contributed by atoms with van der Waals surface area (Å²) in [5.41, 5.74) is -0.268. The van der Waals surface area contributed by atoms with E-state index in [1.54, 1.807) is 0 Å². The Hall–Kier alpha value is -3.04. The molecule has 116 valence electrons. The van der Waals surface area contributed by atoms with Crippen LogP contribution in [0.5, 0.6) is 0 Å². The highest BCUT2D eigenvalue weighted by molar-refractivity contribution is 6.01. The molecule has 2 rings (SSSR count). The number of aromatic nitrogens is 2. The summed E-state index contributed by atoms with van der Waals surface area (Å²) in [6.07, 6.45) is 2.45. The molecule has 1 fully saturated rings. The average Bonchev–Trinajstić information content (AvgIpc) is 2.82. The van der Waals surface area contributed by atoms with Gasteiger partial charge in [0.25, 0.3) is 5.91 Å². The molecule has 1 saturated heterocycles. The number of urea groups is 1. The predicted molar refractivity (Wildman–Crippen MR) is 71.1 cm³/mol. The van der Waals surface area contributed by atoms with Gasteiger partial charge in [-0.25, -0.2) is 19.6 Å².